The van der Waals surface area contributed by atoms with Crippen molar-refractivity contribution in [1.82, 2.24) is 33.8 Å². The van der Waals surface area contributed by atoms with Crippen molar-refractivity contribution in [1.29, 1.82) is 0 Å². The number of pyridine rings is 1. The van der Waals surface area contributed by atoms with E-state index in [4.69, 9.17) is 22.1 Å². The molecule has 0 saturated carbocycles. The zero-order valence-corrected chi connectivity index (χ0v) is 22.9. The fraction of sp³-hybridized carbons (Fsp3) is 0.385. The van der Waals surface area contributed by atoms with Gasteiger partial charge in [0.15, 0.2) is 0 Å². The number of hydrogen-bond acceptors (Lipinski definition) is 9. The van der Waals surface area contributed by atoms with Gasteiger partial charge in [-0.3, -0.25) is 14.3 Å². The predicted molar refractivity (Wildman–Crippen MR) is 149 cm³/mol. The van der Waals surface area contributed by atoms with Crippen molar-refractivity contribution in [2.24, 2.45) is 0 Å². The number of fused-ring (bicyclic) bond motifs is 1. The summed E-state index contributed by atoms with van der Waals surface area (Å²) < 4.78 is 11.5. The highest BCUT2D eigenvalue weighted by molar-refractivity contribution is 7.71. The third kappa shape index (κ3) is 5.02. The molecule has 204 valence electrons. The number of anilines is 1. The third-order valence-corrected chi connectivity index (χ3v) is 7.29. The molecular weight excluding hydrogens is 520 g/mol. The lowest BCUT2D eigenvalue weighted by Crippen LogP contribution is -2.47. The quantitative estimate of drug-likeness (QED) is 0.328. The average molecular weight is 551 g/mol. The second kappa shape index (κ2) is 10.9. The van der Waals surface area contributed by atoms with Crippen LogP contribution in [0.5, 0.6) is 5.75 Å². The summed E-state index contributed by atoms with van der Waals surface area (Å²) in [6.07, 6.45) is 3.51. The van der Waals surface area contributed by atoms with Gasteiger partial charge in [0.2, 0.25) is 16.1 Å². The standard InChI is InChI=1S/C26H30N8O4S/c1-4-21-29-33(26(39)34(21)17-7-6-8-18(13-17)38-3)16-30-9-11-32(12-10-30)25-27-14-19-22(35)20(24(36)37)15-31(5-2)23(19)28-25/h6-8,13-15H,4-5,9-12,16H2,1-3H3,(H,36,37). The van der Waals surface area contributed by atoms with Crippen molar-refractivity contribution in [3.05, 3.63) is 63.0 Å². The SMILES string of the molecule is CCc1nn(CN2CCN(c3ncc4c(=O)c(C(=O)O)cn(CC)c4n3)CC2)c(=S)n1-c1cccc(OC)c1. The molecule has 5 rings (SSSR count). The molecule has 1 aromatic carbocycles. The van der Waals surface area contributed by atoms with E-state index in [9.17, 15) is 14.7 Å². The molecule has 0 spiro atoms. The van der Waals surface area contributed by atoms with E-state index in [2.05, 4.69) is 26.7 Å². The Bertz CT molecular complexity index is 1650. The highest BCUT2D eigenvalue weighted by Gasteiger charge is 2.23. The van der Waals surface area contributed by atoms with E-state index in [1.807, 2.05) is 40.4 Å². The lowest BCUT2D eigenvalue weighted by atomic mass is 10.2. The Morgan fingerprint density at radius 2 is 1.95 bits per heavy atom. The minimum Gasteiger partial charge on any atom is -0.497 e. The van der Waals surface area contributed by atoms with E-state index in [-0.39, 0.29) is 10.9 Å². The minimum absolute atomic E-state index is 0.201. The number of carboxylic acid groups (broad SMARTS) is 1. The van der Waals surface area contributed by atoms with Crippen LogP contribution in [-0.2, 0) is 19.6 Å². The van der Waals surface area contributed by atoms with E-state index in [1.54, 1.807) is 11.7 Å². The lowest BCUT2D eigenvalue weighted by Gasteiger charge is -2.34. The zero-order chi connectivity index (χ0) is 27.7. The van der Waals surface area contributed by atoms with Crippen LogP contribution < -0.4 is 15.1 Å². The molecule has 3 aromatic heterocycles. The highest BCUT2D eigenvalue weighted by Crippen LogP contribution is 2.20. The van der Waals surface area contributed by atoms with Crippen LogP contribution in [0.15, 0.2) is 41.5 Å². The van der Waals surface area contributed by atoms with Gasteiger partial charge >= 0.3 is 5.97 Å². The first-order valence-electron chi connectivity index (χ1n) is 12.8. The molecule has 1 saturated heterocycles. The van der Waals surface area contributed by atoms with E-state index in [1.165, 1.54) is 12.4 Å². The molecule has 0 radical (unpaired) electrons. The average Bonchev–Trinajstić information content (AvgIpc) is 3.28. The summed E-state index contributed by atoms with van der Waals surface area (Å²) in [7, 11) is 1.64. The molecule has 0 bridgehead atoms. The number of nitrogens with zero attached hydrogens (tertiary/aromatic N) is 8. The van der Waals surface area contributed by atoms with Gasteiger partial charge in [-0.15, -0.1) is 0 Å². The molecule has 13 heteroatoms. The molecule has 39 heavy (non-hydrogen) atoms. The van der Waals surface area contributed by atoms with Crippen LogP contribution in [0, 0.1) is 4.77 Å². The predicted octanol–water partition coefficient (Wildman–Crippen LogP) is 2.58. The molecule has 1 aliphatic rings. The number of carboxylic acids is 1. The minimum atomic E-state index is -1.26. The van der Waals surface area contributed by atoms with Gasteiger partial charge in [-0.2, -0.15) is 10.1 Å². The summed E-state index contributed by atoms with van der Waals surface area (Å²) >= 11 is 5.81. The number of rotatable bonds is 8. The number of aromatic carboxylic acids is 1. The summed E-state index contributed by atoms with van der Waals surface area (Å²) in [5.74, 6) is 0.891. The number of carbonyl (C=O) groups is 1. The van der Waals surface area contributed by atoms with Crippen molar-refractivity contribution in [2.45, 2.75) is 33.5 Å². The Morgan fingerprint density at radius 3 is 2.62 bits per heavy atom. The number of aryl methyl sites for hydroxylation is 2. The summed E-state index contributed by atoms with van der Waals surface area (Å²) in [4.78, 5) is 37.5. The molecule has 0 aliphatic carbocycles. The Labute approximate surface area is 229 Å². The Balaban J connectivity index is 1.33. The molecule has 4 aromatic rings. The number of methoxy groups -OCH3 is 1. The number of hydrogen-bond donors (Lipinski definition) is 1. The Hall–Kier alpha value is -4.10. The molecule has 0 atom stereocenters. The van der Waals surface area contributed by atoms with Crippen LogP contribution >= 0.6 is 12.2 Å². The monoisotopic (exact) mass is 550 g/mol. The van der Waals surface area contributed by atoms with Crippen molar-refractivity contribution < 1.29 is 14.6 Å². The second-order valence-corrected chi connectivity index (χ2v) is 9.57. The number of ether oxygens (including phenoxy) is 1. The Kier molecular flexibility index (Phi) is 7.44. The summed E-state index contributed by atoms with van der Waals surface area (Å²) in [6.45, 7) is 7.82. The van der Waals surface area contributed by atoms with E-state index in [0.29, 0.717) is 42.7 Å². The van der Waals surface area contributed by atoms with E-state index in [0.717, 1.165) is 36.8 Å². The summed E-state index contributed by atoms with van der Waals surface area (Å²) in [6, 6.07) is 7.78. The maximum Gasteiger partial charge on any atom is 0.341 e. The first kappa shape index (κ1) is 26.5. The number of aromatic nitrogens is 6. The van der Waals surface area contributed by atoms with Gasteiger partial charge in [0, 0.05) is 57.6 Å². The van der Waals surface area contributed by atoms with Crippen LogP contribution in [0.1, 0.15) is 30.0 Å². The maximum absolute atomic E-state index is 12.6. The molecule has 4 heterocycles. The van der Waals surface area contributed by atoms with Gasteiger partial charge in [0.1, 0.15) is 22.8 Å². The Morgan fingerprint density at radius 1 is 1.18 bits per heavy atom. The maximum atomic E-state index is 12.6. The first-order valence-corrected chi connectivity index (χ1v) is 13.2. The first-order chi connectivity index (χ1) is 18.8. The lowest BCUT2D eigenvalue weighted by molar-refractivity contribution is 0.0695. The number of piperazine rings is 1. The van der Waals surface area contributed by atoms with Crippen LogP contribution in [0.25, 0.3) is 16.7 Å². The fourth-order valence-electron chi connectivity index (χ4n) is 4.77. The van der Waals surface area contributed by atoms with Gasteiger partial charge < -0.3 is 19.3 Å². The van der Waals surface area contributed by atoms with Gasteiger partial charge in [0.05, 0.1) is 24.9 Å². The van der Waals surface area contributed by atoms with Gasteiger partial charge in [-0.1, -0.05) is 13.0 Å². The van der Waals surface area contributed by atoms with Crippen molar-refractivity contribution in [3.8, 4) is 11.4 Å². The number of benzene rings is 1. The highest BCUT2D eigenvalue weighted by atomic mass is 32.1. The van der Waals surface area contributed by atoms with Gasteiger partial charge in [0.25, 0.3) is 0 Å². The zero-order valence-electron chi connectivity index (χ0n) is 22.1. The van der Waals surface area contributed by atoms with Crippen LogP contribution in [0.2, 0.25) is 0 Å². The molecule has 1 N–H and O–H groups in total. The van der Waals surface area contributed by atoms with Crippen LogP contribution in [0.3, 0.4) is 0 Å². The molecule has 0 amide bonds. The topological polar surface area (TPSA) is 124 Å². The molecule has 1 fully saturated rings. The summed E-state index contributed by atoms with van der Waals surface area (Å²) in [5.41, 5.74) is 0.492. The van der Waals surface area contributed by atoms with Crippen molar-refractivity contribution >= 4 is 35.2 Å². The molecule has 1 aliphatic heterocycles. The van der Waals surface area contributed by atoms with Crippen molar-refractivity contribution in [2.75, 3.05) is 38.2 Å². The normalized spacial score (nSPS) is 14.2. The largest absolute Gasteiger partial charge is 0.497 e. The van der Waals surface area contributed by atoms with Crippen LogP contribution in [0.4, 0.5) is 5.95 Å². The third-order valence-electron chi connectivity index (χ3n) is 6.90. The molecule has 0 unspecified atom stereocenters. The molecule has 12 nitrogen and oxygen atoms in total. The molecular formula is C26H30N8O4S. The smallest absolute Gasteiger partial charge is 0.341 e. The van der Waals surface area contributed by atoms with E-state index >= 15 is 0 Å². The van der Waals surface area contributed by atoms with Crippen LogP contribution in [-0.4, -0.2) is 78.1 Å². The van der Waals surface area contributed by atoms with E-state index < -0.39 is 11.4 Å². The fourth-order valence-corrected chi connectivity index (χ4v) is 5.08. The summed E-state index contributed by atoms with van der Waals surface area (Å²) in [5, 5.41) is 14.4. The second-order valence-electron chi connectivity index (χ2n) is 9.21. The van der Waals surface area contributed by atoms with Gasteiger partial charge in [-0.05, 0) is 31.3 Å². The van der Waals surface area contributed by atoms with Crippen molar-refractivity contribution in [3.63, 3.8) is 0 Å². The van der Waals surface area contributed by atoms with Gasteiger partial charge in [-0.25, -0.2) is 14.5 Å².